The van der Waals surface area contributed by atoms with Gasteiger partial charge in [0, 0.05) is 25.2 Å². The molecule has 2 aliphatic rings. The summed E-state index contributed by atoms with van der Waals surface area (Å²) in [6.07, 6.45) is 7.39. The van der Waals surface area contributed by atoms with Crippen LogP contribution in [-0.4, -0.2) is 42.5 Å². The molecule has 1 saturated carbocycles. The van der Waals surface area contributed by atoms with Crippen molar-refractivity contribution in [3.63, 3.8) is 0 Å². The molecule has 3 atom stereocenters. The number of nitro groups is 1. The smallest absolute Gasteiger partial charge is 0.338 e. The number of ether oxygens (including phenoxy) is 1. The van der Waals surface area contributed by atoms with E-state index < -0.39 is 17.5 Å². The number of rotatable bonds is 6. The van der Waals surface area contributed by atoms with Crippen molar-refractivity contribution in [1.82, 2.24) is 5.32 Å². The van der Waals surface area contributed by atoms with Crippen molar-refractivity contribution in [1.29, 1.82) is 0 Å². The Morgan fingerprint density at radius 3 is 2.52 bits per heavy atom. The summed E-state index contributed by atoms with van der Waals surface area (Å²) < 4.78 is 5.15. The molecule has 1 N–H and O–H groups in total. The first-order valence-electron chi connectivity index (χ1n) is 11.4. The zero-order valence-electron chi connectivity index (χ0n) is 18.5. The van der Waals surface area contributed by atoms with Crippen LogP contribution >= 0.6 is 0 Å². The number of nitrogens with one attached hydrogen (secondary N) is 1. The zero-order chi connectivity index (χ0) is 22.4. The lowest BCUT2D eigenvalue weighted by Gasteiger charge is -2.34. The van der Waals surface area contributed by atoms with Crippen molar-refractivity contribution in [3.8, 4) is 0 Å². The van der Waals surface area contributed by atoms with Gasteiger partial charge in [-0.1, -0.05) is 39.5 Å². The number of esters is 1. The van der Waals surface area contributed by atoms with Crippen LogP contribution in [0.3, 0.4) is 0 Å². The van der Waals surface area contributed by atoms with Gasteiger partial charge in [-0.05, 0) is 43.2 Å². The van der Waals surface area contributed by atoms with E-state index in [1.807, 2.05) is 4.90 Å². The van der Waals surface area contributed by atoms with Gasteiger partial charge in [-0.25, -0.2) is 4.79 Å². The number of benzene rings is 1. The Balaban J connectivity index is 1.61. The first-order chi connectivity index (χ1) is 14.9. The Bertz CT molecular complexity index is 804. The second-order valence-corrected chi connectivity index (χ2v) is 8.88. The van der Waals surface area contributed by atoms with E-state index in [0.717, 1.165) is 58.0 Å². The molecule has 0 bridgehead atoms. The fourth-order valence-electron chi connectivity index (χ4n) is 4.62. The number of nitro benzene ring substituents is 1. The Kier molecular flexibility index (Phi) is 7.87. The number of anilines is 1. The second-order valence-electron chi connectivity index (χ2n) is 8.88. The van der Waals surface area contributed by atoms with E-state index in [0.29, 0.717) is 17.5 Å². The molecule has 1 aliphatic heterocycles. The zero-order valence-corrected chi connectivity index (χ0v) is 18.5. The van der Waals surface area contributed by atoms with Crippen molar-refractivity contribution in [2.75, 3.05) is 24.6 Å². The maximum absolute atomic E-state index is 12.4. The molecule has 1 aliphatic carbocycles. The van der Waals surface area contributed by atoms with Crippen LogP contribution in [0.1, 0.15) is 69.2 Å². The van der Waals surface area contributed by atoms with Gasteiger partial charge < -0.3 is 15.0 Å². The highest BCUT2D eigenvalue weighted by atomic mass is 16.6. The van der Waals surface area contributed by atoms with E-state index in [4.69, 9.17) is 4.74 Å². The molecule has 31 heavy (non-hydrogen) atoms. The van der Waals surface area contributed by atoms with E-state index in [-0.39, 0.29) is 23.2 Å². The Hall–Kier alpha value is -2.64. The lowest BCUT2D eigenvalue weighted by atomic mass is 9.78. The summed E-state index contributed by atoms with van der Waals surface area (Å²) in [6, 6.07) is 4.50. The minimum Gasteiger partial charge on any atom is -0.452 e. The third-order valence-electron chi connectivity index (χ3n) is 6.74. The van der Waals surface area contributed by atoms with Crippen LogP contribution in [0.4, 0.5) is 11.4 Å². The SMILES string of the molecule is C[C@@H]1[C@H](C)CCC[C@H]1NC(=O)COC(=O)c1ccc(N2CCCCCC2)c([N+](=O)[O-])c1. The van der Waals surface area contributed by atoms with E-state index in [1.54, 1.807) is 12.1 Å². The molecule has 1 heterocycles. The number of carbonyl (C=O) groups excluding carboxylic acids is 2. The van der Waals surface area contributed by atoms with Crippen LogP contribution < -0.4 is 10.2 Å². The summed E-state index contributed by atoms with van der Waals surface area (Å²) in [6.45, 7) is 5.46. The number of nitrogens with zero attached hydrogens (tertiary/aromatic N) is 2. The van der Waals surface area contributed by atoms with E-state index in [1.165, 1.54) is 6.07 Å². The van der Waals surface area contributed by atoms with Crippen LogP contribution in [0.25, 0.3) is 0 Å². The molecule has 8 heteroatoms. The maximum atomic E-state index is 12.4. The number of hydrogen-bond donors (Lipinski definition) is 1. The summed E-state index contributed by atoms with van der Waals surface area (Å²) in [5.74, 6) is -0.145. The lowest BCUT2D eigenvalue weighted by molar-refractivity contribution is -0.384. The van der Waals surface area contributed by atoms with E-state index in [9.17, 15) is 19.7 Å². The van der Waals surface area contributed by atoms with Gasteiger partial charge in [0.05, 0.1) is 10.5 Å². The Morgan fingerprint density at radius 2 is 1.84 bits per heavy atom. The second kappa shape index (κ2) is 10.6. The molecule has 2 fully saturated rings. The molecule has 0 spiro atoms. The van der Waals surface area contributed by atoms with Crippen molar-refractivity contribution >= 4 is 23.3 Å². The number of carbonyl (C=O) groups is 2. The lowest BCUT2D eigenvalue weighted by Crippen LogP contribution is -2.45. The van der Waals surface area contributed by atoms with Gasteiger partial charge in [0.1, 0.15) is 5.69 Å². The molecule has 8 nitrogen and oxygen atoms in total. The van der Waals surface area contributed by atoms with Gasteiger partial charge in [-0.3, -0.25) is 14.9 Å². The largest absolute Gasteiger partial charge is 0.452 e. The molecule has 0 radical (unpaired) electrons. The predicted octanol–water partition coefficient (Wildman–Crippen LogP) is 4.07. The minimum atomic E-state index is -0.731. The molecule has 1 saturated heterocycles. The van der Waals surface area contributed by atoms with Gasteiger partial charge in [0.2, 0.25) is 0 Å². The van der Waals surface area contributed by atoms with Crippen molar-refractivity contribution in [3.05, 3.63) is 33.9 Å². The van der Waals surface area contributed by atoms with Crippen LogP contribution in [-0.2, 0) is 9.53 Å². The highest BCUT2D eigenvalue weighted by molar-refractivity contribution is 5.93. The number of hydrogen-bond acceptors (Lipinski definition) is 6. The first-order valence-corrected chi connectivity index (χ1v) is 11.4. The normalized spacial score (nSPS) is 24.2. The minimum absolute atomic E-state index is 0.0812. The third kappa shape index (κ3) is 5.95. The van der Waals surface area contributed by atoms with Crippen molar-refractivity contribution in [2.45, 2.75) is 64.8 Å². The summed E-state index contributed by atoms with van der Waals surface area (Å²) in [7, 11) is 0. The fourth-order valence-corrected chi connectivity index (χ4v) is 4.62. The van der Waals surface area contributed by atoms with E-state index in [2.05, 4.69) is 19.2 Å². The molecule has 3 rings (SSSR count). The van der Waals surface area contributed by atoms with Crippen LogP contribution in [0.5, 0.6) is 0 Å². The van der Waals surface area contributed by atoms with Crippen LogP contribution in [0.2, 0.25) is 0 Å². The molecule has 1 aromatic carbocycles. The van der Waals surface area contributed by atoms with E-state index >= 15 is 0 Å². The van der Waals surface area contributed by atoms with Gasteiger partial charge in [-0.2, -0.15) is 0 Å². The van der Waals surface area contributed by atoms with Gasteiger partial charge in [0.15, 0.2) is 6.61 Å². The topological polar surface area (TPSA) is 102 Å². The molecule has 0 aromatic heterocycles. The molecule has 170 valence electrons. The van der Waals surface area contributed by atoms with Gasteiger partial charge in [0.25, 0.3) is 11.6 Å². The molecular weight excluding hydrogens is 398 g/mol. The maximum Gasteiger partial charge on any atom is 0.338 e. The highest BCUT2D eigenvalue weighted by Crippen LogP contribution is 2.31. The van der Waals surface area contributed by atoms with Crippen LogP contribution in [0, 0.1) is 22.0 Å². The molecular formula is C23H33N3O5. The fraction of sp³-hybridized carbons (Fsp3) is 0.652. The van der Waals surface area contributed by atoms with Gasteiger partial charge in [-0.15, -0.1) is 0 Å². The van der Waals surface area contributed by atoms with Crippen molar-refractivity contribution < 1.29 is 19.2 Å². The summed E-state index contributed by atoms with van der Waals surface area (Å²) >= 11 is 0. The number of amides is 1. The average molecular weight is 432 g/mol. The summed E-state index contributed by atoms with van der Waals surface area (Å²) in [5.41, 5.74) is 0.505. The molecule has 1 amide bonds. The molecule has 1 aromatic rings. The third-order valence-corrected chi connectivity index (χ3v) is 6.74. The standard InChI is InChI=1S/C23H33N3O5/c1-16-8-7-9-19(17(16)2)24-22(27)15-31-23(28)18-10-11-20(21(14-18)26(29)30)25-12-5-3-4-6-13-25/h10-11,14,16-17,19H,3-9,12-13,15H2,1-2H3,(H,24,27)/t16-,17-,19-/m1/s1. The Labute approximate surface area is 183 Å². The quantitative estimate of drug-likeness (QED) is 0.414. The highest BCUT2D eigenvalue weighted by Gasteiger charge is 2.28. The average Bonchev–Trinajstić information content (AvgIpc) is 3.04. The van der Waals surface area contributed by atoms with Gasteiger partial charge >= 0.3 is 5.97 Å². The summed E-state index contributed by atoms with van der Waals surface area (Å²) in [5, 5.41) is 14.6. The van der Waals surface area contributed by atoms with Crippen LogP contribution in [0.15, 0.2) is 18.2 Å². The molecule has 0 unspecified atom stereocenters. The predicted molar refractivity (Wildman–Crippen MR) is 118 cm³/mol. The summed E-state index contributed by atoms with van der Waals surface area (Å²) in [4.78, 5) is 37.9. The first kappa shape index (κ1) is 23.0. The van der Waals surface area contributed by atoms with Crippen molar-refractivity contribution in [2.24, 2.45) is 11.8 Å². The Morgan fingerprint density at radius 1 is 1.13 bits per heavy atom. The monoisotopic (exact) mass is 431 g/mol.